The molecule has 1 N–H and O–H groups in total. The minimum absolute atomic E-state index is 0.378. The first-order chi connectivity index (χ1) is 12.4. The van der Waals surface area contributed by atoms with Crippen LogP contribution >= 0.6 is 0 Å². The standard InChI is InChI=1S/C19H20N6/c1-2-10-20-17(8-1)24-18-9-3-7-16(23-18)15-6-4-13-25(14-15)19-21-11-5-12-22-19/h1-3,5,7-12,15H,4,6,13-14H2,(H,20,23,24)/t15-/m0/s1. The second kappa shape index (κ2) is 7.25. The van der Waals surface area contributed by atoms with E-state index in [1.165, 1.54) is 0 Å². The monoisotopic (exact) mass is 332 g/mol. The Hall–Kier alpha value is -3.02. The van der Waals surface area contributed by atoms with E-state index < -0.39 is 0 Å². The molecule has 126 valence electrons. The van der Waals surface area contributed by atoms with Crippen molar-refractivity contribution in [3.63, 3.8) is 0 Å². The smallest absolute Gasteiger partial charge is 0.225 e. The first-order valence-corrected chi connectivity index (χ1v) is 8.55. The normalized spacial score (nSPS) is 17.3. The van der Waals surface area contributed by atoms with E-state index in [1.807, 2.05) is 36.4 Å². The Labute approximate surface area is 147 Å². The molecule has 1 saturated heterocycles. The van der Waals surface area contributed by atoms with Crippen LogP contribution in [-0.2, 0) is 0 Å². The van der Waals surface area contributed by atoms with E-state index in [-0.39, 0.29) is 0 Å². The molecule has 0 amide bonds. The predicted molar refractivity (Wildman–Crippen MR) is 98.0 cm³/mol. The van der Waals surface area contributed by atoms with Crippen LogP contribution in [0.4, 0.5) is 17.6 Å². The van der Waals surface area contributed by atoms with Crippen molar-refractivity contribution in [1.82, 2.24) is 19.9 Å². The molecule has 1 aliphatic rings. The van der Waals surface area contributed by atoms with Crippen molar-refractivity contribution in [3.8, 4) is 0 Å². The van der Waals surface area contributed by atoms with Gasteiger partial charge in [0, 0.05) is 43.3 Å². The summed E-state index contributed by atoms with van der Waals surface area (Å²) in [7, 11) is 0. The van der Waals surface area contributed by atoms with Gasteiger partial charge in [-0.05, 0) is 43.2 Å². The van der Waals surface area contributed by atoms with E-state index in [4.69, 9.17) is 4.98 Å². The second-order valence-corrected chi connectivity index (χ2v) is 6.12. The SMILES string of the molecule is c1ccc(Nc2cccc([C@H]3CCCN(c4ncccn4)C3)n2)nc1. The Morgan fingerprint density at radius 3 is 2.56 bits per heavy atom. The average Bonchev–Trinajstić information content (AvgIpc) is 2.70. The van der Waals surface area contributed by atoms with Crippen molar-refractivity contribution in [3.05, 3.63) is 66.7 Å². The number of nitrogens with zero attached hydrogens (tertiary/aromatic N) is 5. The topological polar surface area (TPSA) is 66.8 Å². The summed E-state index contributed by atoms with van der Waals surface area (Å²) in [5, 5.41) is 3.27. The van der Waals surface area contributed by atoms with Crippen molar-refractivity contribution < 1.29 is 0 Å². The third kappa shape index (κ3) is 3.74. The number of pyridine rings is 2. The van der Waals surface area contributed by atoms with Gasteiger partial charge in [-0.1, -0.05) is 12.1 Å². The Bertz CT molecular complexity index is 808. The molecule has 0 aliphatic carbocycles. The molecule has 0 spiro atoms. The highest BCUT2D eigenvalue weighted by atomic mass is 15.3. The number of hydrogen-bond donors (Lipinski definition) is 1. The van der Waals surface area contributed by atoms with Gasteiger partial charge < -0.3 is 10.2 Å². The molecule has 3 aromatic heterocycles. The van der Waals surface area contributed by atoms with E-state index in [0.29, 0.717) is 5.92 Å². The Balaban J connectivity index is 1.50. The summed E-state index contributed by atoms with van der Waals surface area (Å²) in [4.78, 5) is 20.1. The van der Waals surface area contributed by atoms with Gasteiger partial charge in [0.2, 0.25) is 5.95 Å². The molecular weight excluding hydrogens is 312 g/mol. The first kappa shape index (κ1) is 15.5. The molecule has 4 rings (SSSR count). The van der Waals surface area contributed by atoms with Crippen LogP contribution in [0.5, 0.6) is 0 Å². The quantitative estimate of drug-likeness (QED) is 0.790. The lowest BCUT2D eigenvalue weighted by molar-refractivity contribution is 0.495. The lowest BCUT2D eigenvalue weighted by atomic mass is 9.94. The number of hydrogen-bond acceptors (Lipinski definition) is 6. The van der Waals surface area contributed by atoms with Gasteiger partial charge in [0.25, 0.3) is 0 Å². The summed E-state index contributed by atoms with van der Waals surface area (Å²) in [5.74, 6) is 2.80. The minimum Gasteiger partial charge on any atom is -0.340 e. The molecule has 1 atom stereocenters. The van der Waals surface area contributed by atoms with E-state index in [9.17, 15) is 0 Å². The van der Waals surface area contributed by atoms with Gasteiger partial charge in [-0.15, -0.1) is 0 Å². The molecule has 6 nitrogen and oxygen atoms in total. The molecule has 4 heterocycles. The number of piperidine rings is 1. The van der Waals surface area contributed by atoms with Crippen molar-refractivity contribution in [2.45, 2.75) is 18.8 Å². The molecule has 0 saturated carbocycles. The van der Waals surface area contributed by atoms with Crippen molar-refractivity contribution in [1.29, 1.82) is 0 Å². The predicted octanol–water partition coefficient (Wildman–Crippen LogP) is 3.39. The van der Waals surface area contributed by atoms with Crippen LogP contribution in [0.2, 0.25) is 0 Å². The van der Waals surface area contributed by atoms with Crippen molar-refractivity contribution >= 4 is 17.6 Å². The summed E-state index contributed by atoms with van der Waals surface area (Å²) >= 11 is 0. The fraction of sp³-hybridized carbons (Fsp3) is 0.263. The molecule has 0 bridgehead atoms. The molecule has 1 fully saturated rings. The lowest BCUT2D eigenvalue weighted by Crippen LogP contribution is -2.35. The molecule has 25 heavy (non-hydrogen) atoms. The summed E-state index contributed by atoms with van der Waals surface area (Å²) in [6.07, 6.45) is 7.60. The van der Waals surface area contributed by atoms with Gasteiger partial charge in [-0.3, -0.25) is 0 Å². The molecule has 6 heteroatoms. The molecule has 1 aliphatic heterocycles. The molecule has 0 unspecified atom stereocenters. The molecular formula is C19H20N6. The lowest BCUT2D eigenvalue weighted by Gasteiger charge is -2.32. The fourth-order valence-electron chi connectivity index (χ4n) is 3.17. The third-order valence-electron chi connectivity index (χ3n) is 4.37. The maximum absolute atomic E-state index is 4.80. The van der Waals surface area contributed by atoms with Crippen molar-refractivity contribution in [2.75, 3.05) is 23.3 Å². The van der Waals surface area contributed by atoms with E-state index in [0.717, 1.165) is 49.2 Å². The zero-order valence-electron chi connectivity index (χ0n) is 13.9. The molecule has 0 radical (unpaired) electrons. The number of rotatable bonds is 4. The van der Waals surface area contributed by atoms with Crippen LogP contribution in [-0.4, -0.2) is 33.0 Å². The van der Waals surface area contributed by atoms with E-state index in [2.05, 4.69) is 31.2 Å². The molecule has 3 aromatic rings. The maximum atomic E-state index is 4.80. The van der Waals surface area contributed by atoms with Crippen molar-refractivity contribution in [2.24, 2.45) is 0 Å². The van der Waals surface area contributed by atoms with Gasteiger partial charge in [0.15, 0.2) is 0 Å². The first-order valence-electron chi connectivity index (χ1n) is 8.55. The second-order valence-electron chi connectivity index (χ2n) is 6.12. The fourth-order valence-corrected chi connectivity index (χ4v) is 3.17. The Kier molecular flexibility index (Phi) is 4.50. The summed E-state index contributed by atoms with van der Waals surface area (Å²) < 4.78 is 0. The van der Waals surface area contributed by atoms with Crippen LogP contribution in [0.15, 0.2) is 61.1 Å². The van der Waals surface area contributed by atoms with Gasteiger partial charge in [-0.25, -0.2) is 19.9 Å². The highest BCUT2D eigenvalue weighted by Crippen LogP contribution is 2.28. The van der Waals surface area contributed by atoms with Gasteiger partial charge >= 0.3 is 0 Å². The van der Waals surface area contributed by atoms with Crippen LogP contribution in [0.1, 0.15) is 24.5 Å². The van der Waals surface area contributed by atoms with Gasteiger partial charge in [-0.2, -0.15) is 0 Å². The summed E-state index contributed by atoms with van der Waals surface area (Å²) in [6, 6.07) is 13.8. The maximum Gasteiger partial charge on any atom is 0.225 e. The zero-order chi connectivity index (χ0) is 16.9. The molecule has 0 aromatic carbocycles. The Morgan fingerprint density at radius 1 is 0.880 bits per heavy atom. The summed E-state index contributed by atoms with van der Waals surface area (Å²) in [6.45, 7) is 1.89. The number of nitrogens with one attached hydrogen (secondary N) is 1. The number of aromatic nitrogens is 4. The largest absolute Gasteiger partial charge is 0.340 e. The highest BCUT2D eigenvalue weighted by molar-refractivity contribution is 5.51. The van der Waals surface area contributed by atoms with Gasteiger partial charge in [0.05, 0.1) is 0 Å². The van der Waals surface area contributed by atoms with E-state index >= 15 is 0 Å². The highest BCUT2D eigenvalue weighted by Gasteiger charge is 2.24. The van der Waals surface area contributed by atoms with Gasteiger partial charge in [0.1, 0.15) is 11.6 Å². The number of anilines is 3. The van der Waals surface area contributed by atoms with Crippen LogP contribution < -0.4 is 10.2 Å². The van der Waals surface area contributed by atoms with Crippen LogP contribution in [0, 0.1) is 0 Å². The zero-order valence-corrected chi connectivity index (χ0v) is 13.9. The van der Waals surface area contributed by atoms with Crippen LogP contribution in [0.25, 0.3) is 0 Å². The van der Waals surface area contributed by atoms with E-state index in [1.54, 1.807) is 18.6 Å². The Morgan fingerprint density at radius 2 is 1.72 bits per heavy atom. The average molecular weight is 332 g/mol. The third-order valence-corrected chi connectivity index (χ3v) is 4.37. The summed E-state index contributed by atoms with van der Waals surface area (Å²) in [5.41, 5.74) is 1.10. The van der Waals surface area contributed by atoms with Crippen LogP contribution in [0.3, 0.4) is 0 Å². The minimum atomic E-state index is 0.378.